The molecule has 1 saturated heterocycles. The molecule has 8 nitrogen and oxygen atoms in total. The van der Waals surface area contributed by atoms with E-state index in [0.29, 0.717) is 39.3 Å². The molecule has 2 N–H and O–H groups in total. The van der Waals surface area contributed by atoms with Gasteiger partial charge in [0.15, 0.2) is 11.5 Å². The van der Waals surface area contributed by atoms with E-state index in [4.69, 9.17) is 5.73 Å². The Morgan fingerprint density at radius 3 is 2.18 bits per heavy atom. The summed E-state index contributed by atoms with van der Waals surface area (Å²) in [5.41, 5.74) is 5.86. The maximum absolute atomic E-state index is 12.4. The number of carbonyl (C=O) groups excluding carboxylic acids is 2. The lowest BCUT2D eigenvalue weighted by molar-refractivity contribution is 0.0636. The highest BCUT2D eigenvalue weighted by molar-refractivity contribution is 5.96. The van der Waals surface area contributed by atoms with Crippen LogP contribution in [0.25, 0.3) is 0 Å². The van der Waals surface area contributed by atoms with Gasteiger partial charge in [0, 0.05) is 51.7 Å². The molecule has 0 spiro atoms. The Balaban J connectivity index is 1.96. The molecule has 22 heavy (non-hydrogen) atoms. The molecule has 0 aromatic carbocycles. The summed E-state index contributed by atoms with van der Waals surface area (Å²) in [5, 5.41) is 0. The third-order valence-electron chi connectivity index (χ3n) is 3.80. The molecule has 8 heteroatoms. The average Bonchev–Trinajstić information content (AvgIpc) is 2.56. The lowest BCUT2D eigenvalue weighted by atomic mass is 10.2. The first-order chi connectivity index (χ1) is 10.6. The predicted molar refractivity (Wildman–Crippen MR) is 82.2 cm³/mol. The van der Waals surface area contributed by atoms with Crippen molar-refractivity contribution < 1.29 is 9.59 Å². The summed E-state index contributed by atoms with van der Waals surface area (Å²) in [4.78, 5) is 37.7. The molecule has 0 saturated carbocycles. The normalized spacial score (nSPS) is 14.8. The van der Waals surface area contributed by atoms with Gasteiger partial charge >= 0.3 is 6.03 Å². The molecule has 0 bridgehead atoms. The van der Waals surface area contributed by atoms with Crippen LogP contribution in [-0.2, 0) is 0 Å². The number of urea groups is 1. The Hall–Kier alpha value is -2.38. The third-order valence-corrected chi connectivity index (χ3v) is 3.80. The van der Waals surface area contributed by atoms with Gasteiger partial charge in [0.05, 0.1) is 0 Å². The van der Waals surface area contributed by atoms with Gasteiger partial charge in [-0.3, -0.25) is 4.79 Å². The number of hydrogen-bond acceptors (Lipinski definition) is 5. The van der Waals surface area contributed by atoms with Crippen LogP contribution < -0.4 is 5.73 Å². The zero-order valence-corrected chi connectivity index (χ0v) is 13.0. The second-order valence-corrected chi connectivity index (χ2v) is 5.02. The maximum atomic E-state index is 12.4. The van der Waals surface area contributed by atoms with Crippen molar-refractivity contribution in [3.05, 3.63) is 18.1 Å². The lowest BCUT2D eigenvalue weighted by Crippen LogP contribution is -2.54. The second kappa shape index (κ2) is 7.06. The number of anilines is 1. The molecule has 1 aromatic heterocycles. The van der Waals surface area contributed by atoms with Crippen LogP contribution in [0.5, 0.6) is 0 Å². The van der Waals surface area contributed by atoms with E-state index in [-0.39, 0.29) is 23.5 Å². The van der Waals surface area contributed by atoms with Gasteiger partial charge < -0.3 is 20.4 Å². The average molecular weight is 306 g/mol. The Labute approximate surface area is 129 Å². The molecule has 3 amide bonds. The number of rotatable bonds is 3. The lowest BCUT2D eigenvalue weighted by Gasteiger charge is -2.37. The molecule has 0 unspecified atom stereocenters. The zero-order valence-electron chi connectivity index (χ0n) is 13.0. The molecule has 0 radical (unpaired) electrons. The van der Waals surface area contributed by atoms with Crippen LogP contribution in [0.2, 0.25) is 0 Å². The first kappa shape index (κ1) is 16.0. The third kappa shape index (κ3) is 3.26. The monoisotopic (exact) mass is 306 g/mol. The number of nitrogens with two attached hydrogens (primary N) is 1. The number of hydrogen-bond donors (Lipinski definition) is 1. The van der Waals surface area contributed by atoms with Gasteiger partial charge in [-0.1, -0.05) is 0 Å². The van der Waals surface area contributed by atoms with Gasteiger partial charge in [-0.05, 0) is 13.8 Å². The fourth-order valence-corrected chi connectivity index (χ4v) is 2.46. The summed E-state index contributed by atoms with van der Waals surface area (Å²) >= 11 is 0. The van der Waals surface area contributed by atoms with Crippen LogP contribution in [0.1, 0.15) is 24.3 Å². The fraction of sp³-hybridized carbons (Fsp3) is 0.571. The van der Waals surface area contributed by atoms with Gasteiger partial charge in [-0.2, -0.15) is 0 Å². The molecule has 2 heterocycles. The first-order valence-corrected chi connectivity index (χ1v) is 7.48. The molecule has 0 atom stereocenters. The minimum absolute atomic E-state index is 0.0242. The van der Waals surface area contributed by atoms with Crippen molar-refractivity contribution in [2.75, 3.05) is 45.0 Å². The quantitative estimate of drug-likeness (QED) is 0.865. The van der Waals surface area contributed by atoms with Gasteiger partial charge in [0.25, 0.3) is 5.91 Å². The van der Waals surface area contributed by atoms with Crippen molar-refractivity contribution in [1.82, 2.24) is 24.7 Å². The number of carbonyl (C=O) groups is 2. The van der Waals surface area contributed by atoms with Crippen LogP contribution >= 0.6 is 0 Å². The molecule has 2 rings (SSSR count). The minimum Gasteiger partial charge on any atom is -0.382 e. The highest BCUT2D eigenvalue weighted by Crippen LogP contribution is 2.11. The van der Waals surface area contributed by atoms with Crippen molar-refractivity contribution >= 4 is 17.8 Å². The number of aromatic nitrogens is 2. The Morgan fingerprint density at radius 2 is 1.64 bits per heavy atom. The molecule has 0 aliphatic carbocycles. The van der Waals surface area contributed by atoms with Crippen molar-refractivity contribution in [1.29, 1.82) is 0 Å². The van der Waals surface area contributed by atoms with Gasteiger partial charge in [0.1, 0.15) is 0 Å². The summed E-state index contributed by atoms with van der Waals surface area (Å²) in [6.07, 6.45) is 2.90. The summed E-state index contributed by atoms with van der Waals surface area (Å²) in [7, 11) is 0. The van der Waals surface area contributed by atoms with Crippen LogP contribution in [0.15, 0.2) is 12.4 Å². The van der Waals surface area contributed by atoms with Gasteiger partial charge in [0.2, 0.25) is 0 Å². The fourth-order valence-electron chi connectivity index (χ4n) is 2.46. The predicted octanol–water partition coefficient (Wildman–Crippen LogP) is 0.278. The van der Waals surface area contributed by atoms with Crippen molar-refractivity contribution in [3.8, 4) is 0 Å². The van der Waals surface area contributed by atoms with Crippen molar-refractivity contribution in [2.24, 2.45) is 0 Å². The first-order valence-electron chi connectivity index (χ1n) is 7.48. The Kier molecular flexibility index (Phi) is 5.13. The van der Waals surface area contributed by atoms with E-state index in [9.17, 15) is 9.59 Å². The summed E-state index contributed by atoms with van der Waals surface area (Å²) < 4.78 is 0. The zero-order chi connectivity index (χ0) is 16.1. The van der Waals surface area contributed by atoms with E-state index in [1.807, 2.05) is 13.8 Å². The molecule has 1 aliphatic heterocycles. The van der Waals surface area contributed by atoms with E-state index in [0.717, 1.165) is 0 Å². The number of nitrogens with zero attached hydrogens (tertiary/aromatic N) is 5. The highest BCUT2D eigenvalue weighted by Gasteiger charge is 2.28. The Morgan fingerprint density at radius 1 is 1.09 bits per heavy atom. The van der Waals surface area contributed by atoms with E-state index < -0.39 is 0 Å². The Bertz CT molecular complexity index is 538. The largest absolute Gasteiger partial charge is 0.382 e. The van der Waals surface area contributed by atoms with E-state index in [2.05, 4.69) is 9.97 Å². The molecule has 1 fully saturated rings. The number of nitrogen functional groups attached to an aromatic ring is 1. The molecule has 1 aliphatic rings. The number of amides is 3. The van der Waals surface area contributed by atoms with E-state index in [1.54, 1.807) is 14.7 Å². The van der Waals surface area contributed by atoms with E-state index >= 15 is 0 Å². The molecular weight excluding hydrogens is 284 g/mol. The van der Waals surface area contributed by atoms with Gasteiger partial charge in [-0.15, -0.1) is 0 Å². The number of piperazine rings is 1. The van der Waals surface area contributed by atoms with Gasteiger partial charge in [-0.25, -0.2) is 14.8 Å². The van der Waals surface area contributed by atoms with Crippen molar-refractivity contribution in [2.45, 2.75) is 13.8 Å². The van der Waals surface area contributed by atoms with Crippen molar-refractivity contribution in [3.63, 3.8) is 0 Å². The van der Waals surface area contributed by atoms with Crippen LogP contribution in [0.4, 0.5) is 10.6 Å². The SMILES string of the molecule is CCN(CC)C(=O)N1CCN(C(=O)c2nccnc2N)CC1. The molecular formula is C14H22N6O2. The van der Waals surface area contributed by atoms with Crippen LogP contribution in [-0.4, -0.2) is 75.9 Å². The molecule has 120 valence electrons. The molecule has 1 aromatic rings. The van der Waals surface area contributed by atoms with Crippen LogP contribution in [0.3, 0.4) is 0 Å². The smallest absolute Gasteiger partial charge is 0.320 e. The van der Waals surface area contributed by atoms with Crippen LogP contribution in [0, 0.1) is 0 Å². The second-order valence-electron chi connectivity index (χ2n) is 5.02. The standard InChI is InChI=1S/C14H22N6O2/c1-3-18(4-2)14(22)20-9-7-19(8-10-20)13(21)11-12(15)17-6-5-16-11/h5-6H,3-4,7-10H2,1-2H3,(H2,15,17). The highest BCUT2D eigenvalue weighted by atomic mass is 16.2. The summed E-state index contributed by atoms with van der Waals surface area (Å²) in [6.45, 7) is 7.26. The topological polar surface area (TPSA) is 95.7 Å². The summed E-state index contributed by atoms with van der Waals surface area (Å²) in [6, 6.07) is 0.0242. The van der Waals surface area contributed by atoms with E-state index in [1.165, 1.54) is 12.4 Å². The maximum Gasteiger partial charge on any atom is 0.320 e. The minimum atomic E-state index is -0.236. The summed E-state index contributed by atoms with van der Waals surface area (Å²) in [5.74, 6) is -0.102.